The van der Waals surface area contributed by atoms with E-state index in [1.54, 1.807) is 44.2 Å². The van der Waals surface area contributed by atoms with Crippen LogP contribution in [-0.4, -0.2) is 129 Å². The van der Waals surface area contributed by atoms with E-state index in [0.29, 0.717) is 5.56 Å². The van der Waals surface area contributed by atoms with Gasteiger partial charge in [0.05, 0.1) is 38.6 Å². The van der Waals surface area contributed by atoms with Crippen LogP contribution in [0.15, 0.2) is 47.8 Å². The summed E-state index contributed by atoms with van der Waals surface area (Å²) in [5.74, 6) is -1.79. The highest BCUT2D eigenvalue weighted by Crippen LogP contribution is 2.48. The molecule has 0 spiro atoms. The Morgan fingerprint density at radius 2 is 1.79 bits per heavy atom. The van der Waals surface area contributed by atoms with E-state index in [0.717, 1.165) is 21.9 Å². The molecule has 9 atom stereocenters. The average molecular weight is 873 g/mol. The van der Waals surface area contributed by atoms with Crippen molar-refractivity contribution in [3.05, 3.63) is 58.9 Å². The van der Waals surface area contributed by atoms with Gasteiger partial charge >= 0.3 is 14.8 Å². The molecule has 2 fully saturated rings. The number of rotatable bonds is 16. The minimum Gasteiger partial charge on any atom is -0.450 e. The summed E-state index contributed by atoms with van der Waals surface area (Å²) in [5.41, 5.74) is -0.982. The van der Waals surface area contributed by atoms with E-state index in [1.807, 2.05) is 6.07 Å². The van der Waals surface area contributed by atoms with Crippen molar-refractivity contribution < 1.29 is 61.2 Å². The third kappa shape index (κ3) is 9.12. The first-order valence-corrected chi connectivity index (χ1v) is 19.4. The van der Waals surface area contributed by atoms with Gasteiger partial charge in [0.25, 0.3) is 11.5 Å². The van der Waals surface area contributed by atoms with Crippen LogP contribution in [0.2, 0.25) is 0 Å². The van der Waals surface area contributed by atoms with Crippen LogP contribution in [0.25, 0.3) is 22.3 Å². The van der Waals surface area contributed by atoms with Gasteiger partial charge in [-0.05, 0) is 12.1 Å². The first kappa shape index (κ1) is 42.9. The molecule has 61 heavy (non-hydrogen) atoms. The Kier molecular flexibility index (Phi) is 13.1. The van der Waals surface area contributed by atoms with Gasteiger partial charge in [-0.15, -0.1) is 5.10 Å². The number of alkyl halides is 2. The number of carbonyl (C=O) groups excluding carboxylic acids is 2. The van der Waals surface area contributed by atoms with Gasteiger partial charge < -0.3 is 43.3 Å². The number of ether oxygens (including phenoxy) is 3. The standard InChI is InChI=1S/C34H35F2N12O12P/c1-15(2)28(50)43-33-42-27-22(30(52)44-33)40-14-47(27)32-24(19(35)17(11-49)57-32)60-61(55-10-6-9-37)56-12-18-23(59-34(53)54)20(36)31(58-18)48-26-21(45-46-48)25(38-13-39-26)41-29(51)16-7-4-3-5-8-16/h3-5,7-8,13-15,17-20,23-24,31-32,49H,6,10-12H2,1-2H3,(H,53,54)(H,38,39,41,51)(H2,42,43,44,50,52)/t17-,18-,19-,20+,23-,24-,31-,32-,61?/m1/s1. The predicted octanol–water partition coefficient (Wildman–Crippen LogP) is 2.29. The molecule has 7 rings (SSSR count). The van der Waals surface area contributed by atoms with Crippen molar-refractivity contribution in [3.8, 4) is 6.07 Å². The van der Waals surface area contributed by atoms with Crippen LogP contribution in [0.4, 0.5) is 25.3 Å². The van der Waals surface area contributed by atoms with E-state index in [2.05, 4.69) is 45.9 Å². The van der Waals surface area contributed by atoms with E-state index >= 15 is 8.78 Å². The van der Waals surface area contributed by atoms with Crippen LogP contribution in [0.1, 0.15) is 43.1 Å². The lowest BCUT2D eigenvalue weighted by Gasteiger charge is -2.26. The number of hydrogen-bond acceptors (Lipinski definition) is 18. The molecular weight excluding hydrogens is 837 g/mol. The predicted molar refractivity (Wildman–Crippen MR) is 201 cm³/mol. The Balaban J connectivity index is 1.12. The Bertz CT molecular complexity index is 2490. The van der Waals surface area contributed by atoms with E-state index in [-0.39, 0.29) is 47.1 Å². The van der Waals surface area contributed by atoms with Crippen molar-refractivity contribution >= 4 is 60.7 Å². The zero-order valence-electron chi connectivity index (χ0n) is 31.8. The summed E-state index contributed by atoms with van der Waals surface area (Å²) in [6.07, 6.45) is -14.0. The van der Waals surface area contributed by atoms with E-state index in [1.165, 1.54) is 0 Å². The van der Waals surface area contributed by atoms with Gasteiger partial charge in [-0.1, -0.05) is 37.3 Å². The van der Waals surface area contributed by atoms with Gasteiger partial charge in [0.1, 0.15) is 24.6 Å². The molecule has 6 heterocycles. The highest BCUT2D eigenvalue weighted by molar-refractivity contribution is 7.41. The minimum absolute atomic E-state index is 0.0573. The highest BCUT2D eigenvalue weighted by atomic mass is 31.2. The van der Waals surface area contributed by atoms with Crippen molar-refractivity contribution in [1.82, 2.24) is 44.5 Å². The highest BCUT2D eigenvalue weighted by Gasteiger charge is 2.52. The normalized spacial score (nSPS) is 24.2. The molecule has 0 bridgehead atoms. The third-order valence-electron chi connectivity index (χ3n) is 9.15. The van der Waals surface area contributed by atoms with Crippen LogP contribution in [0, 0.1) is 17.2 Å². The minimum atomic E-state index is -2.73. The maximum atomic E-state index is 16.2. The first-order valence-electron chi connectivity index (χ1n) is 18.3. The van der Waals surface area contributed by atoms with Crippen LogP contribution >= 0.6 is 8.60 Å². The largest absolute Gasteiger partial charge is 0.506 e. The second-order valence-electron chi connectivity index (χ2n) is 13.5. The Morgan fingerprint density at radius 3 is 2.51 bits per heavy atom. The number of anilines is 2. The zero-order valence-corrected chi connectivity index (χ0v) is 32.7. The van der Waals surface area contributed by atoms with Crippen LogP contribution in [0.3, 0.4) is 0 Å². The monoisotopic (exact) mass is 872 g/mol. The molecule has 5 N–H and O–H groups in total. The number of halogens is 2. The van der Waals surface area contributed by atoms with Crippen molar-refractivity contribution in [2.45, 2.75) is 69.5 Å². The molecule has 27 heteroatoms. The molecule has 24 nitrogen and oxygen atoms in total. The number of carbonyl (C=O) groups is 3. The lowest BCUT2D eigenvalue weighted by molar-refractivity contribution is -0.118. The molecule has 2 amide bonds. The SMILES string of the molecule is CC(C)C(=O)Nc1nc2c(ncn2[C@@H]2O[C@H](CO)[C@@H](F)[C@H]2OP(OCCC#N)OC[C@H]2O[C@@H](n3nnc4c(NC(=O)c5ccccc5)ncnc43)[C@@H](F)[C@@H]2OC(=O)O)c(=O)[nH]1. The Labute approximate surface area is 342 Å². The number of aromatic amines is 1. The number of hydrogen-bond donors (Lipinski definition) is 5. The van der Waals surface area contributed by atoms with Crippen LogP contribution in [-0.2, 0) is 32.6 Å². The smallest absolute Gasteiger partial charge is 0.450 e. The number of fused-ring (bicyclic) bond motifs is 2. The number of nitriles is 1. The summed E-state index contributed by atoms with van der Waals surface area (Å²) in [6.45, 7) is 1.39. The topological polar surface area (TPSA) is 315 Å². The number of H-pyrrole nitrogens is 1. The second kappa shape index (κ2) is 18.6. The number of nitrogens with one attached hydrogen (secondary N) is 3. The van der Waals surface area contributed by atoms with Gasteiger partial charge in [0.2, 0.25) is 11.9 Å². The first-order chi connectivity index (χ1) is 29.4. The lowest BCUT2D eigenvalue weighted by atomic mass is 10.1. The fourth-order valence-corrected chi connectivity index (χ4v) is 7.31. The number of carboxylic acid groups (broad SMARTS) is 1. The number of amides is 2. The van der Waals surface area contributed by atoms with Gasteiger partial charge in [-0.2, -0.15) is 14.9 Å². The number of aliphatic hydroxyl groups is 1. The van der Waals surface area contributed by atoms with E-state index in [9.17, 15) is 29.4 Å². The molecule has 5 aromatic rings. The maximum absolute atomic E-state index is 16.2. The fraction of sp³-hybridized carbons (Fsp3) is 0.441. The molecule has 0 aliphatic carbocycles. The quantitative estimate of drug-likeness (QED) is 0.0539. The summed E-state index contributed by atoms with van der Waals surface area (Å²) in [5, 5.41) is 41.6. The van der Waals surface area contributed by atoms with Crippen molar-refractivity contribution in [3.63, 3.8) is 0 Å². The van der Waals surface area contributed by atoms with E-state index in [4.69, 9.17) is 33.0 Å². The second-order valence-corrected chi connectivity index (χ2v) is 14.7. The number of aliphatic hydroxyl groups excluding tert-OH is 1. The molecule has 1 unspecified atom stereocenters. The zero-order chi connectivity index (χ0) is 43.4. The van der Waals surface area contributed by atoms with Crippen molar-refractivity contribution in [2.24, 2.45) is 5.92 Å². The maximum Gasteiger partial charge on any atom is 0.506 e. The average Bonchev–Trinajstić information content (AvgIpc) is 4.01. The summed E-state index contributed by atoms with van der Waals surface area (Å²) >= 11 is 0. The molecule has 322 valence electrons. The summed E-state index contributed by atoms with van der Waals surface area (Å²) in [4.78, 5) is 68.7. The molecule has 2 saturated heterocycles. The third-order valence-corrected chi connectivity index (χ3v) is 10.3. The summed E-state index contributed by atoms with van der Waals surface area (Å²) in [6, 6.07) is 10.0. The summed E-state index contributed by atoms with van der Waals surface area (Å²) < 4.78 is 68.2. The lowest BCUT2D eigenvalue weighted by Crippen LogP contribution is -2.36. The number of nitrogens with zero attached hydrogens (tertiary/aromatic N) is 9. The van der Waals surface area contributed by atoms with Gasteiger partial charge in [0, 0.05) is 11.5 Å². The Hall–Kier alpha value is -6.20. The number of aromatic nitrogens is 9. The van der Waals surface area contributed by atoms with Crippen LogP contribution < -0.4 is 16.2 Å². The molecule has 4 aromatic heterocycles. The van der Waals surface area contributed by atoms with E-state index < -0.39 is 100 Å². The van der Waals surface area contributed by atoms with Gasteiger partial charge in [-0.3, -0.25) is 29.3 Å². The number of benzene rings is 1. The Morgan fingerprint density at radius 1 is 1.02 bits per heavy atom. The fourth-order valence-electron chi connectivity index (χ4n) is 6.19. The molecule has 0 saturated carbocycles. The molecule has 0 radical (unpaired) electrons. The van der Waals surface area contributed by atoms with Gasteiger partial charge in [-0.25, -0.2) is 28.5 Å². The van der Waals surface area contributed by atoms with Crippen molar-refractivity contribution in [1.29, 1.82) is 5.26 Å². The van der Waals surface area contributed by atoms with Gasteiger partial charge in [0.15, 0.2) is 59.0 Å². The van der Waals surface area contributed by atoms with Crippen LogP contribution in [0.5, 0.6) is 0 Å². The molecular formula is C34H35F2N12O12P. The number of imidazole rings is 1. The molecule has 1 aromatic carbocycles. The molecule has 2 aliphatic heterocycles. The molecule has 2 aliphatic rings. The van der Waals surface area contributed by atoms with Crippen molar-refractivity contribution in [2.75, 3.05) is 30.5 Å². The summed E-state index contributed by atoms with van der Waals surface area (Å²) in [7, 11) is -2.73.